The van der Waals surface area contributed by atoms with Gasteiger partial charge >= 0.3 is 6.18 Å². The van der Waals surface area contributed by atoms with Gasteiger partial charge in [0, 0.05) is 37.0 Å². The molecule has 13 heteroatoms. The van der Waals surface area contributed by atoms with Gasteiger partial charge in [-0.3, -0.25) is 0 Å². The smallest absolute Gasteiger partial charge is 0.394 e. The summed E-state index contributed by atoms with van der Waals surface area (Å²) in [6.07, 6.45) is -1.39. The molecule has 0 unspecified atom stereocenters. The zero-order valence-corrected chi connectivity index (χ0v) is 22.5. The number of alkyl halides is 3. The highest BCUT2D eigenvalue weighted by molar-refractivity contribution is 7.90. The molecule has 0 saturated heterocycles. The minimum Gasteiger partial charge on any atom is -0.495 e. The lowest BCUT2D eigenvalue weighted by atomic mass is 10.2. The summed E-state index contributed by atoms with van der Waals surface area (Å²) in [5, 5.41) is 3.00. The molecule has 0 saturated carbocycles. The summed E-state index contributed by atoms with van der Waals surface area (Å²) in [5.41, 5.74) is 2.11. The standard InChI is InChI=1S/C26H27F3N6O3S/c1-34(2)16-17-15-31-24(32-17)19-7-6-12-35-22(14-26(27,28)29)20(33-25(19)35)8-5-11-30-21-10-9-18(39(4,36)37)13-23(21)38-3/h6-7,9-10,12-13,15,30H,11,14,16H2,1-4H3,(H,31,32). The predicted molar refractivity (Wildman–Crippen MR) is 141 cm³/mol. The number of hydrogen-bond acceptors (Lipinski definition) is 7. The number of aromatic amines is 1. The third-order valence-electron chi connectivity index (χ3n) is 5.66. The number of sulfone groups is 1. The lowest BCUT2D eigenvalue weighted by molar-refractivity contribution is -0.128. The quantitative estimate of drug-likeness (QED) is 0.316. The van der Waals surface area contributed by atoms with Crippen molar-refractivity contribution in [2.24, 2.45) is 0 Å². The van der Waals surface area contributed by atoms with Gasteiger partial charge < -0.3 is 24.3 Å². The Hall–Kier alpha value is -4.02. The lowest BCUT2D eigenvalue weighted by Crippen LogP contribution is -2.14. The van der Waals surface area contributed by atoms with Crippen LogP contribution in [0.4, 0.5) is 18.9 Å². The van der Waals surface area contributed by atoms with Crippen LogP contribution in [0.25, 0.3) is 17.0 Å². The molecule has 0 aliphatic heterocycles. The number of nitrogens with one attached hydrogen (secondary N) is 2. The van der Waals surface area contributed by atoms with Crippen molar-refractivity contribution in [2.75, 3.05) is 39.3 Å². The molecule has 4 aromatic rings. The molecule has 206 valence electrons. The van der Waals surface area contributed by atoms with Gasteiger partial charge in [0.2, 0.25) is 0 Å². The van der Waals surface area contributed by atoms with Gasteiger partial charge in [-0.1, -0.05) is 5.92 Å². The summed E-state index contributed by atoms with van der Waals surface area (Å²) in [6.45, 7) is 0.669. The highest BCUT2D eigenvalue weighted by Gasteiger charge is 2.31. The summed E-state index contributed by atoms with van der Waals surface area (Å²) < 4.78 is 70.8. The molecule has 39 heavy (non-hydrogen) atoms. The Kier molecular flexibility index (Phi) is 7.89. The number of hydrogen-bond donors (Lipinski definition) is 2. The third kappa shape index (κ3) is 6.71. The van der Waals surface area contributed by atoms with Gasteiger partial charge in [-0.25, -0.2) is 18.4 Å². The highest BCUT2D eigenvalue weighted by Crippen LogP contribution is 2.29. The van der Waals surface area contributed by atoms with Gasteiger partial charge in [-0.2, -0.15) is 13.2 Å². The summed E-state index contributed by atoms with van der Waals surface area (Å²) >= 11 is 0. The Balaban J connectivity index is 1.66. The number of nitrogens with zero attached hydrogens (tertiary/aromatic N) is 4. The van der Waals surface area contributed by atoms with E-state index in [9.17, 15) is 21.6 Å². The van der Waals surface area contributed by atoms with Crippen molar-refractivity contribution in [1.82, 2.24) is 24.3 Å². The number of rotatable bonds is 8. The van der Waals surface area contributed by atoms with E-state index in [1.165, 1.54) is 35.9 Å². The molecule has 4 rings (SSSR count). The number of anilines is 1. The summed E-state index contributed by atoms with van der Waals surface area (Å²) in [5.74, 6) is 6.36. The second-order valence-electron chi connectivity index (χ2n) is 9.10. The molecule has 9 nitrogen and oxygen atoms in total. The molecule has 1 aromatic carbocycles. The monoisotopic (exact) mass is 560 g/mol. The zero-order valence-electron chi connectivity index (χ0n) is 21.7. The number of H-pyrrole nitrogens is 1. The van der Waals surface area contributed by atoms with E-state index < -0.39 is 22.4 Å². The first kappa shape index (κ1) is 28.0. The number of imidazole rings is 2. The number of halogens is 3. The molecule has 3 heterocycles. The number of fused-ring (bicyclic) bond motifs is 1. The van der Waals surface area contributed by atoms with E-state index in [-0.39, 0.29) is 22.8 Å². The summed E-state index contributed by atoms with van der Waals surface area (Å²) in [7, 11) is 1.81. The van der Waals surface area contributed by atoms with Crippen LogP contribution in [-0.2, 0) is 22.8 Å². The number of aromatic nitrogens is 4. The average Bonchev–Trinajstić information content (AvgIpc) is 3.44. The summed E-state index contributed by atoms with van der Waals surface area (Å²) in [6, 6.07) is 7.73. The SMILES string of the molecule is COc1cc(S(C)(=O)=O)ccc1NCC#Cc1nc2c(-c3ncc(CN(C)C)[nH]3)cccn2c1CC(F)(F)F. The first-order chi connectivity index (χ1) is 18.4. The van der Waals surface area contributed by atoms with Crippen molar-refractivity contribution in [3.05, 3.63) is 59.8 Å². The normalized spacial score (nSPS) is 12.0. The van der Waals surface area contributed by atoms with Crippen LogP contribution in [0.15, 0.2) is 47.6 Å². The molecule has 0 radical (unpaired) electrons. The Labute approximate surface area is 224 Å². The van der Waals surface area contributed by atoms with Gasteiger partial charge in [0.15, 0.2) is 9.84 Å². The largest absolute Gasteiger partial charge is 0.495 e. The van der Waals surface area contributed by atoms with E-state index in [0.717, 1.165) is 11.9 Å². The van der Waals surface area contributed by atoms with Crippen LogP contribution in [0, 0.1) is 11.8 Å². The van der Waals surface area contributed by atoms with Crippen molar-refractivity contribution in [1.29, 1.82) is 0 Å². The van der Waals surface area contributed by atoms with E-state index in [4.69, 9.17) is 4.74 Å². The molecule has 0 spiro atoms. The van der Waals surface area contributed by atoms with E-state index in [2.05, 4.69) is 32.1 Å². The average molecular weight is 561 g/mol. The van der Waals surface area contributed by atoms with Crippen molar-refractivity contribution in [3.63, 3.8) is 0 Å². The van der Waals surface area contributed by atoms with Crippen LogP contribution in [-0.4, -0.2) is 72.9 Å². The Morgan fingerprint density at radius 1 is 1.23 bits per heavy atom. The van der Waals surface area contributed by atoms with Gasteiger partial charge in [-0.05, 0) is 44.3 Å². The van der Waals surface area contributed by atoms with Crippen LogP contribution in [0.2, 0.25) is 0 Å². The van der Waals surface area contributed by atoms with Crippen molar-refractivity contribution >= 4 is 21.2 Å². The fourth-order valence-corrected chi connectivity index (χ4v) is 4.63. The summed E-state index contributed by atoms with van der Waals surface area (Å²) in [4.78, 5) is 14.1. The Morgan fingerprint density at radius 2 is 2.00 bits per heavy atom. The molecule has 0 aliphatic rings. The maximum Gasteiger partial charge on any atom is 0.394 e. The fourth-order valence-electron chi connectivity index (χ4n) is 3.99. The number of methoxy groups -OCH3 is 1. The number of pyridine rings is 1. The lowest BCUT2D eigenvalue weighted by Gasteiger charge is -2.10. The van der Waals surface area contributed by atoms with Crippen LogP contribution in [0.5, 0.6) is 5.75 Å². The first-order valence-electron chi connectivity index (χ1n) is 11.7. The highest BCUT2D eigenvalue weighted by atomic mass is 32.2. The van der Waals surface area contributed by atoms with Crippen LogP contribution >= 0.6 is 0 Å². The van der Waals surface area contributed by atoms with Crippen LogP contribution in [0.1, 0.15) is 17.1 Å². The van der Waals surface area contributed by atoms with Crippen molar-refractivity contribution in [2.45, 2.75) is 24.0 Å². The zero-order chi connectivity index (χ0) is 28.4. The minimum absolute atomic E-state index is 0.000959. The second kappa shape index (κ2) is 11.0. The van der Waals surface area contributed by atoms with E-state index in [0.29, 0.717) is 35.0 Å². The van der Waals surface area contributed by atoms with Gasteiger partial charge in [0.25, 0.3) is 0 Å². The molecular formula is C26H27F3N6O3S. The maximum absolute atomic E-state index is 13.5. The molecule has 2 N–H and O–H groups in total. The third-order valence-corrected chi connectivity index (χ3v) is 6.77. The van der Waals surface area contributed by atoms with E-state index >= 15 is 0 Å². The molecule has 0 atom stereocenters. The number of ether oxygens (including phenoxy) is 1. The first-order valence-corrected chi connectivity index (χ1v) is 13.6. The molecule has 0 bridgehead atoms. The fraction of sp³-hybridized carbons (Fsp3) is 0.308. The predicted octanol–water partition coefficient (Wildman–Crippen LogP) is 3.77. The molecule has 0 aliphatic carbocycles. The van der Waals surface area contributed by atoms with E-state index in [1.54, 1.807) is 18.3 Å². The Bertz CT molecular complexity index is 1660. The van der Waals surface area contributed by atoms with E-state index in [1.807, 2.05) is 19.0 Å². The van der Waals surface area contributed by atoms with Crippen LogP contribution in [0.3, 0.4) is 0 Å². The molecule has 3 aromatic heterocycles. The number of benzene rings is 1. The maximum atomic E-state index is 13.5. The van der Waals surface area contributed by atoms with Crippen molar-refractivity contribution in [3.8, 4) is 29.0 Å². The topological polar surface area (TPSA) is 105 Å². The second-order valence-corrected chi connectivity index (χ2v) is 11.1. The van der Waals surface area contributed by atoms with Gasteiger partial charge in [0.05, 0.1) is 41.9 Å². The van der Waals surface area contributed by atoms with Crippen molar-refractivity contribution < 1.29 is 26.3 Å². The molecular weight excluding hydrogens is 533 g/mol. The minimum atomic E-state index is -4.47. The Morgan fingerprint density at radius 3 is 2.67 bits per heavy atom. The molecule has 0 amide bonds. The van der Waals surface area contributed by atoms with Crippen LogP contribution < -0.4 is 10.1 Å². The van der Waals surface area contributed by atoms with Gasteiger partial charge in [0.1, 0.15) is 22.9 Å². The molecule has 0 fully saturated rings. The van der Waals surface area contributed by atoms with Gasteiger partial charge in [-0.15, -0.1) is 0 Å².